The van der Waals surface area contributed by atoms with E-state index >= 15 is 0 Å². The van der Waals surface area contributed by atoms with Crippen LogP contribution in [0.3, 0.4) is 0 Å². The highest BCUT2D eigenvalue weighted by atomic mass is 16.5. The number of nitrogens with one attached hydrogen (secondary N) is 2. The summed E-state index contributed by atoms with van der Waals surface area (Å²) in [6.45, 7) is 6.59. The normalized spacial score (nSPS) is 13.7. The SMILES string of the molecule is COCC(O)CNCC(=O)NC(C)(C)C. The molecule has 5 nitrogen and oxygen atoms in total. The van der Waals surface area contributed by atoms with Gasteiger partial charge in [0, 0.05) is 19.2 Å². The van der Waals surface area contributed by atoms with Gasteiger partial charge in [-0.25, -0.2) is 0 Å². The molecule has 5 heteroatoms. The number of amides is 1. The molecule has 0 aliphatic carbocycles. The first-order valence-electron chi connectivity index (χ1n) is 5.04. The molecule has 0 aromatic rings. The Balaban J connectivity index is 3.55. The van der Waals surface area contributed by atoms with Crippen molar-refractivity contribution in [1.29, 1.82) is 0 Å². The lowest BCUT2D eigenvalue weighted by molar-refractivity contribution is -0.121. The van der Waals surface area contributed by atoms with Crippen molar-refractivity contribution in [3.05, 3.63) is 0 Å². The maximum atomic E-state index is 11.3. The molecule has 1 amide bonds. The number of rotatable bonds is 6. The van der Waals surface area contributed by atoms with Gasteiger partial charge in [0.05, 0.1) is 19.3 Å². The van der Waals surface area contributed by atoms with E-state index in [1.165, 1.54) is 7.11 Å². The number of hydrogen-bond acceptors (Lipinski definition) is 4. The van der Waals surface area contributed by atoms with E-state index < -0.39 is 6.10 Å². The van der Waals surface area contributed by atoms with Gasteiger partial charge in [-0.2, -0.15) is 0 Å². The molecule has 0 fully saturated rings. The fraction of sp³-hybridized carbons (Fsp3) is 0.900. The Hall–Kier alpha value is -0.650. The molecule has 0 spiro atoms. The molecule has 1 unspecified atom stereocenters. The standard InChI is InChI=1S/C10H22N2O3/c1-10(2,3)12-9(14)6-11-5-8(13)7-15-4/h8,11,13H,5-7H2,1-4H3,(H,12,14). The van der Waals surface area contributed by atoms with Crippen LogP contribution in [0.1, 0.15) is 20.8 Å². The van der Waals surface area contributed by atoms with Gasteiger partial charge in [-0.3, -0.25) is 4.79 Å². The fourth-order valence-corrected chi connectivity index (χ4v) is 1.07. The summed E-state index contributed by atoms with van der Waals surface area (Å²) in [4.78, 5) is 11.3. The summed E-state index contributed by atoms with van der Waals surface area (Å²) < 4.78 is 4.75. The van der Waals surface area contributed by atoms with Gasteiger partial charge < -0.3 is 20.5 Å². The number of ether oxygens (including phenoxy) is 1. The van der Waals surface area contributed by atoms with Gasteiger partial charge in [0.25, 0.3) is 0 Å². The van der Waals surface area contributed by atoms with Crippen LogP contribution in [0.5, 0.6) is 0 Å². The van der Waals surface area contributed by atoms with Gasteiger partial charge in [-0.15, -0.1) is 0 Å². The average Bonchev–Trinajstić information content (AvgIpc) is 2.00. The van der Waals surface area contributed by atoms with Crippen molar-refractivity contribution in [3.8, 4) is 0 Å². The number of carbonyl (C=O) groups is 1. The molecule has 15 heavy (non-hydrogen) atoms. The number of aliphatic hydroxyl groups is 1. The van der Waals surface area contributed by atoms with Crippen LogP contribution in [0.4, 0.5) is 0 Å². The van der Waals surface area contributed by atoms with Crippen molar-refractivity contribution < 1.29 is 14.6 Å². The highest BCUT2D eigenvalue weighted by molar-refractivity contribution is 5.78. The van der Waals surface area contributed by atoms with E-state index in [1.807, 2.05) is 20.8 Å². The summed E-state index contributed by atoms with van der Waals surface area (Å²) >= 11 is 0. The third kappa shape index (κ3) is 9.65. The molecule has 3 N–H and O–H groups in total. The van der Waals surface area contributed by atoms with Gasteiger partial charge >= 0.3 is 0 Å². The van der Waals surface area contributed by atoms with Crippen LogP contribution in [-0.2, 0) is 9.53 Å². The highest BCUT2D eigenvalue weighted by Crippen LogP contribution is 1.97. The number of methoxy groups -OCH3 is 1. The third-order valence-electron chi connectivity index (χ3n) is 1.54. The van der Waals surface area contributed by atoms with Gasteiger partial charge in [0.15, 0.2) is 0 Å². The molecule has 0 saturated carbocycles. The van der Waals surface area contributed by atoms with E-state index in [2.05, 4.69) is 10.6 Å². The van der Waals surface area contributed by atoms with E-state index in [0.717, 1.165) is 0 Å². The van der Waals surface area contributed by atoms with Crippen molar-refractivity contribution in [2.75, 3.05) is 26.8 Å². The largest absolute Gasteiger partial charge is 0.389 e. The van der Waals surface area contributed by atoms with Crippen molar-refractivity contribution in [1.82, 2.24) is 10.6 Å². The number of hydrogen-bond donors (Lipinski definition) is 3. The second-order valence-corrected chi connectivity index (χ2v) is 4.54. The lowest BCUT2D eigenvalue weighted by Crippen LogP contribution is -2.46. The van der Waals surface area contributed by atoms with Crippen LogP contribution in [-0.4, -0.2) is 49.5 Å². The minimum Gasteiger partial charge on any atom is -0.389 e. The molecule has 0 saturated heterocycles. The molecule has 0 radical (unpaired) electrons. The molecule has 0 aromatic heterocycles. The van der Waals surface area contributed by atoms with Crippen LogP contribution >= 0.6 is 0 Å². The first-order valence-corrected chi connectivity index (χ1v) is 5.04. The average molecular weight is 218 g/mol. The molecule has 90 valence electrons. The topological polar surface area (TPSA) is 70.6 Å². The van der Waals surface area contributed by atoms with Crippen molar-refractivity contribution in [2.24, 2.45) is 0 Å². The molecule has 0 aromatic carbocycles. The zero-order valence-corrected chi connectivity index (χ0v) is 9.96. The monoisotopic (exact) mass is 218 g/mol. The minimum atomic E-state index is -0.572. The van der Waals surface area contributed by atoms with E-state index in [-0.39, 0.29) is 24.6 Å². The lowest BCUT2D eigenvalue weighted by atomic mass is 10.1. The molecule has 0 aliphatic heterocycles. The van der Waals surface area contributed by atoms with Gasteiger partial charge in [0.1, 0.15) is 0 Å². The fourth-order valence-electron chi connectivity index (χ4n) is 1.07. The predicted molar refractivity (Wildman–Crippen MR) is 58.6 cm³/mol. The van der Waals surface area contributed by atoms with Crippen LogP contribution in [0, 0.1) is 0 Å². The molecule has 0 aliphatic rings. The molecule has 1 atom stereocenters. The highest BCUT2D eigenvalue weighted by Gasteiger charge is 2.13. The van der Waals surface area contributed by atoms with Gasteiger partial charge in [-0.05, 0) is 20.8 Å². The Labute approximate surface area is 91.2 Å². The van der Waals surface area contributed by atoms with Crippen molar-refractivity contribution >= 4 is 5.91 Å². The Morgan fingerprint density at radius 1 is 1.47 bits per heavy atom. The third-order valence-corrected chi connectivity index (χ3v) is 1.54. The van der Waals surface area contributed by atoms with Crippen LogP contribution in [0.2, 0.25) is 0 Å². The summed E-state index contributed by atoms with van der Waals surface area (Å²) in [6, 6.07) is 0. The van der Waals surface area contributed by atoms with E-state index in [1.54, 1.807) is 0 Å². The molecular formula is C10H22N2O3. The molecule has 0 bridgehead atoms. The number of aliphatic hydroxyl groups excluding tert-OH is 1. The maximum absolute atomic E-state index is 11.3. The van der Waals surface area contributed by atoms with E-state index in [9.17, 15) is 9.90 Å². The Kier molecular flexibility index (Phi) is 6.47. The summed E-state index contributed by atoms with van der Waals surface area (Å²) in [5.74, 6) is -0.0767. The van der Waals surface area contributed by atoms with Crippen LogP contribution in [0.15, 0.2) is 0 Å². The second-order valence-electron chi connectivity index (χ2n) is 4.54. The first kappa shape index (κ1) is 14.3. The Bertz CT molecular complexity index is 190. The summed E-state index contributed by atoms with van der Waals surface area (Å²) in [6.07, 6.45) is -0.572. The lowest BCUT2D eigenvalue weighted by Gasteiger charge is -2.20. The smallest absolute Gasteiger partial charge is 0.234 e. The maximum Gasteiger partial charge on any atom is 0.234 e. The Morgan fingerprint density at radius 2 is 2.07 bits per heavy atom. The van der Waals surface area contributed by atoms with Crippen molar-refractivity contribution in [2.45, 2.75) is 32.4 Å². The molecular weight excluding hydrogens is 196 g/mol. The summed E-state index contributed by atoms with van der Waals surface area (Å²) in [5.41, 5.74) is -0.218. The molecule has 0 heterocycles. The van der Waals surface area contributed by atoms with Gasteiger partial charge in [0.2, 0.25) is 5.91 Å². The summed E-state index contributed by atoms with van der Waals surface area (Å²) in [5, 5.41) is 14.9. The minimum absolute atomic E-state index is 0.0767. The first-order chi connectivity index (χ1) is 6.85. The zero-order chi connectivity index (χ0) is 11.9. The molecule has 0 rings (SSSR count). The zero-order valence-electron chi connectivity index (χ0n) is 9.96. The van der Waals surface area contributed by atoms with Gasteiger partial charge in [-0.1, -0.05) is 0 Å². The Morgan fingerprint density at radius 3 is 2.53 bits per heavy atom. The van der Waals surface area contributed by atoms with E-state index in [0.29, 0.717) is 6.54 Å². The summed E-state index contributed by atoms with van der Waals surface area (Å²) in [7, 11) is 1.52. The quantitative estimate of drug-likeness (QED) is 0.562. The van der Waals surface area contributed by atoms with Crippen LogP contribution in [0.25, 0.3) is 0 Å². The predicted octanol–water partition coefficient (Wildman–Crippen LogP) is -0.502. The second kappa shape index (κ2) is 6.76. The van der Waals surface area contributed by atoms with Crippen molar-refractivity contribution in [3.63, 3.8) is 0 Å². The van der Waals surface area contributed by atoms with E-state index in [4.69, 9.17) is 4.74 Å². The number of carbonyl (C=O) groups excluding carboxylic acids is 1. The van der Waals surface area contributed by atoms with Crippen LogP contribution < -0.4 is 10.6 Å².